The Morgan fingerprint density at radius 2 is 2.20 bits per heavy atom. The van der Waals surface area contributed by atoms with Crippen molar-refractivity contribution in [3.8, 4) is 0 Å². The highest BCUT2D eigenvalue weighted by atomic mass is 35.5. The predicted octanol–water partition coefficient (Wildman–Crippen LogP) is 3.33. The number of carbonyl (C=O) groups is 2. The van der Waals surface area contributed by atoms with Crippen LogP contribution in [0.25, 0.3) is 6.08 Å². The van der Waals surface area contributed by atoms with E-state index in [9.17, 15) is 9.59 Å². The SMILES string of the molecule is Cc1[nH]c(/C=C2\C(=O)NC3=CCC(Cl)C=C32)c(C)c1C(=O)NCCc1ccccn1. The zero-order chi connectivity index (χ0) is 21.3. The number of amides is 2. The maximum absolute atomic E-state index is 12.8. The van der Waals surface area contributed by atoms with Crippen molar-refractivity contribution >= 4 is 29.5 Å². The van der Waals surface area contributed by atoms with Gasteiger partial charge in [0.05, 0.1) is 16.5 Å². The smallest absolute Gasteiger partial charge is 0.256 e. The number of rotatable bonds is 5. The number of nitrogens with zero attached hydrogens (tertiary/aromatic N) is 1. The molecule has 0 aromatic carbocycles. The number of aromatic amines is 1. The van der Waals surface area contributed by atoms with Gasteiger partial charge in [0.25, 0.3) is 11.8 Å². The average molecular weight is 423 g/mol. The molecule has 2 aliphatic rings. The summed E-state index contributed by atoms with van der Waals surface area (Å²) in [6, 6.07) is 5.73. The highest BCUT2D eigenvalue weighted by Crippen LogP contribution is 2.33. The van der Waals surface area contributed by atoms with Gasteiger partial charge in [0.1, 0.15) is 0 Å². The molecule has 1 fully saturated rings. The molecule has 6 nitrogen and oxygen atoms in total. The molecule has 7 heteroatoms. The van der Waals surface area contributed by atoms with Crippen LogP contribution in [-0.2, 0) is 11.2 Å². The highest BCUT2D eigenvalue weighted by molar-refractivity contribution is 6.22. The Labute approximate surface area is 180 Å². The maximum Gasteiger partial charge on any atom is 0.256 e. The van der Waals surface area contributed by atoms with Crippen molar-refractivity contribution in [3.05, 3.63) is 81.6 Å². The molecule has 0 saturated carbocycles. The van der Waals surface area contributed by atoms with Crippen molar-refractivity contribution in [2.45, 2.75) is 32.1 Å². The second-order valence-electron chi connectivity index (χ2n) is 7.45. The summed E-state index contributed by atoms with van der Waals surface area (Å²) < 4.78 is 0. The molecule has 2 aromatic heterocycles. The number of H-pyrrole nitrogens is 1. The van der Waals surface area contributed by atoms with Crippen LogP contribution in [0.5, 0.6) is 0 Å². The van der Waals surface area contributed by atoms with Gasteiger partial charge in [0.2, 0.25) is 0 Å². The first kappa shape index (κ1) is 20.2. The molecule has 3 heterocycles. The number of fused-ring (bicyclic) bond motifs is 1. The van der Waals surface area contributed by atoms with Crippen molar-refractivity contribution in [2.75, 3.05) is 6.54 Å². The van der Waals surface area contributed by atoms with E-state index in [0.717, 1.165) is 33.9 Å². The van der Waals surface area contributed by atoms with Gasteiger partial charge in [-0.25, -0.2) is 0 Å². The van der Waals surface area contributed by atoms with E-state index < -0.39 is 0 Å². The van der Waals surface area contributed by atoms with Gasteiger partial charge >= 0.3 is 0 Å². The first-order valence-corrected chi connectivity index (χ1v) is 10.3. The fourth-order valence-corrected chi connectivity index (χ4v) is 4.04. The summed E-state index contributed by atoms with van der Waals surface area (Å²) in [5.74, 6) is -0.303. The number of allylic oxidation sites excluding steroid dienone is 3. The van der Waals surface area contributed by atoms with Crippen molar-refractivity contribution in [2.24, 2.45) is 0 Å². The second-order valence-corrected chi connectivity index (χ2v) is 8.01. The molecule has 1 aliphatic heterocycles. The summed E-state index contributed by atoms with van der Waals surface area (Å²) in [5, 5.41) is 5.71. The van der Waals surface area contributed by atoms with E-state index in [1.54, 1.807) is 12.3 Å². The number of aromatic nitrogens is 2. The molecule has 0 spiro atoms. The fraction of sp³-hybridized carbons (Fsp3) is 0.261. The minimum atomic E-state index is -0.161. The van der Waals surface area contributed by atoms with Crippen LogP contribution in [0.15, 0.2) is 53.4 Å². The number of halogens is 1. The summed E-state index contributed by atoms with van der Waals surface area (Å²) in [5.41, 5.74) is 6.02. The molecule has 3 N–H and O–H groups in total. The van der Waals surface area contributed by atoms with Crippen LogP contribution in [0.4, 0.5) is 0 Å². The largest absolute Gasteiger partial charge is 0.358 e. The van der Waals surface area contributed by atoms with E-state index in [4.69, 9.17) is 11.6 Å². The first-order valence-electron chi connectivity index (χ1n) is 9.91. The molecule has 0 bridgehead atoms. The van der Waals surface area contributed by atoms with Crippen LogP contribution in [0.1, 0.15) is 39.4 Å². The summed E-state index contributed by atoms with van der Waals surface area (Å²) in [4.78, 5) is 32.7. The normalized spacial score (nSPS) is 19.2. The second kappa shape index (κ2) is 8.32. The van der Waals surface area contributed by atoms with E-state index in [0.29, 0.717) is 30.5 Å². The third-order valence-electron chi connectivity index (χ3n) is 5.35. The molecule has 0 radical (unpaired) electrons. The van der Waals surface area contributed by atoms with Gasteiger partial charge in [-0.2, -0.15) is 0 Å². The molecule has 30 heavy (non-hydrogen) atoms. The summed E-state index contributed by atoms with van der Waals surface area (Å²) >= 11 is 6.24. The Morgan fingerprint density at radius 1 is 1.37 bits per heavy atom. The standard InChI is InChI=1S/C23H23ClN4O2/c1-13-20(12-18-17-11-15(24)6-7-19(17)28-22(18)29)27-14(2)21(13)23(30)26-10-8-16-5-3-4-9-25-16/h3-5,7,9,11-12,15,27H,6,8,10H2,1-2H3,(H,26,30)(H,28,29)/b18-12-. The lowest BCUT2D eigenvalue weighted by molar-refractivity contribution is -0.115. The number of pyridine rings is 1. The molecular weight excluding hydrogens is 400 g/mol. The fourth-order valence-electron chi connectivity index (χ4n) is 3.83. The third kappa shape index (κ3) is 3.96. The Bertz CT molecular complexity index is 1100. The minimum Gasteiger partial charge on any atom is -0.358 e. The van der Waals surface area contributed by atoms with E-state index in [2.05, 4.69) is 20.6 Å². The number of alkyl halides is 1. The van der Waals surface area contributed by atoms with Gasteiger partial charge in [-0.3, -0.25) is 14.6 Å². The van der Waals surface area contributed by atoms with Crippen molar-refractivity contribution < 1.29 is 9.59 Å². The van der Waals surface area contributed by atoms with Crippen LogP contribution < -0.4 is 10.6 Å². The topological polar surface area (TPSA) is 86.9 Å². The molecule has 1 saturated heterocycles. The molecule has 1 aliphatic carbocycles. The molecule has 2 amide bonds. The molecular formula is C23H23ClN4O2. The van der Waals surface area contributed by atoms with Gasteiger partial charge in [-0.1, -0.05) is 18.2 Å². The van der Waals surface area contributed by atoms with E-state index in [1.807, 2.05) is 44.2 Å². The van der Waals surface area contributed by atoms with Gasteiger partial charge in [-0.05, 0) is 44.0 Å². The molecule has 1 unspecified atom stereocenters. The molecule has 2 aromatic rings. The summed E-state index contributed by atoms with van der Waals surface area (Å²) in [6.45, 7) is 4.24. The lowest BCUT2D eigenvalue weighted by Crippen LogP contribution is -2.26. The minimum absolute atomic E-state index is 0.133. The lowest BCUT2D eigenvalue weighted by Gasteiger charge is -2.11. The van der Waals surface area contributed by atoms with E-state index in [1.165, 1.54) is 0 Å². The number of aryl methyl sites for hydroxylation is 1. The maximum atomic E-state index is 12.8. The van der Waals surface area contributed by atoms with E-state index in [-0.39, 0.29) is 17.2 Å². The highest BCUT2D eigenvalue weighted by Gasteiger charge is 2.30. The third-order valence-corrected chi connectivity index (χ3v) is 5.66. The average Bonchev–Trinajstić information content (AvgIpc) is 3.18. The first-order chi connectivity index (χ1) is 14.4. The predicted molar refractivity (Wildman–Crippen MR) is 117 cm³/mol. The van der Waals surface area contributed by atoms with Gasteiger partial charge in [0.15, 0.2) is 0 Å². The van der Waals surface area contributed by atoms with Crippen molar-refractivity contribution in [3.63, 3.8) is 0 Å². The monoisotopic (exact) mass is 422 g/mol. The molecule has 4 rings (SSSR count). The molecule has 154 valence electrons. The zero-order valence-electron chi connectivity index (χ0n) is 16.9. The van der Waals surface area contributed by atoms with Crippen molar-refractivity contribution in [1.82, 2.24) is 20.6 Å². The van der Waals surface area contributed by atoms with Crippen LogP contribution in [-0.4, -0.2) is 33.7 Å². The number of carbonyl (C=O) groups excluding carboxylic acids is 2. The van der Waals surface area contributed by atoms with Gasteiger partial charge in [-0.15, -0.1) is 11.6 Å². The Hall–Kier alpha value is -3.12. The number of nitrogens with one attached hydrogen (secondary N) is 3. The number of hydrogen-bond donors (Lipinski definition) is 3. The van der Waals surface area contributed by atoms with Crippen LogP contribution in [0, 0.1) is 13.8 Å². The van der Waals surface area contributed by atoms with Crippen molar-refractivity contribution in [1.29, 1.82) is 0 Å². The Kier molecular flexibility index (Phi) is 5.59. The van der Waals surface area contributed by atoms with Gasteiger partial charge in [0, 0.05) is 47.5 Å². The number of hydrogen-bond acceptors (Lipinski definition) is 3. The summed E-state index contributed by atoms with van der Waals surface area (Å²) in [7, 11) is 0. The van der Waals surface area contributed by atoms with Gasteiger partial charge < -0.3 is 15.6 Å². The van der Waals surface area contributed by atoms with E-state index >= 15 is 0 Å². The van der Waals surface area contributed by atoms with Crippen LogP contribution in [0.2, 0.25) is 0 Å². The Morgan fingerprint density at radius 3 is 2.97 bits per heavy atom. The quantitative estimate of drug-likeness (QED) is 0.510. The molecule has 1 atom stereocenters. The Balaban J connectivity index is 1.53. The summed E-state index contributed by atoms with van der Waals surface area (Å²) in [6.07, 6.45) is 8.73. The van der Waals surface area contributed by atoms with Crippen LogP contribution >= 0.6 is 11.6 Å². The lowest BCUT2D eigenvalue weighted by atomic mass is 9.98. The zero-order valence-corrected chi connectivity index (χ0v) is 17.6. The van der Waals surface area contributed by atoms with Crippen LogP contribution in [0.3, 0.4) is 0 Å².